The molecule has 0 aliphatic heterocycles. The Bertz CT molecular complexity index is 280. The number of thioether (sulfide) groups is 1. The second-order valence-electron chi connectivity index (χ2n) is 1.86. The molecule has 1 rings (SSSR count). The molecule has 1 aromatic rings. The molecule has 0 saturated heterocycles. The van der Waals surface area contributed by atoms with Crippen LogP contribution in [0.2, 0.25) is 0 Å². The predicted octanol–water partition coefficient (Wildman–Crippen LogP) is -0.103. The molecule has 0 spiro atoms. The Labute approximate surface area is 67.8 Å². The largest absolute Gasteiger partial charge is 0.362 e. The van der Waals surface area contributed by atoms with Crippen molar-refractivity contribution in [3.8, 4) is 0 Å². The van der Waals surface area contributed by atoms with Gasteiger partial charge in [0.05, 0.1) is 0 Å². The molecule has 1 aromatic heterocycles. The number of ether oxygens (including phenoxy) is 1. The summed E-state index contributed by atoms with van der Waals surface area (Å²) < 4.78 is 5.97. The number of aromatic amines is 1. The third-order valence-electron chi connectivity index (χ3n) is 1.10. The van der Waals surface area contributed by atoms with Crippen LogP contribution >= 0.6 is 11.8 Å². The van der Waals surface area contributed by atoms with Crippen molar-refractivity contribution in [1.29, 1.82) is 0 Å². The van der Waals surface area contributed by atoms with Crippen molar-refractivity contribution in [3.63, 3.8) is 0 Å². The summed E-state index contributed by atoms with van der Waals surface area (Å²) in [5, 5.41) is 4.51. The maximum atomic E-state index is 10.9. The average Bonchev–Trinajstić information content (AvgIpc) is 2.33. The SMILES string of the molecule is COCn1nc(SC)[nH]c1=O. The molecule has 0 aromatic carbocycles. The molecule has 0 atom stereocenters. The lowest BCUT2D eigenvalue weighted by molar-refractivity contribution is 0.116. The van der Waals surface area contributed by atoms with Crippen molar-refractivity contribution in [2.24, 2.45) is 0 Å². The van der Waals surface area contributed by atoms with Gasteiger partial charge in [-0.2, -0.15) is 4.68 Å². The number of nitrogens with one attached hydrogen (secondary N) is 1. The Kier molecular flexibility index (Phi) is 2.72. The highest BCUT2D eigenvalue weighted by molar-refractivity contribution is 7.98. The molecule has 0 aliphatic rings. The quantitative estimate of drug-likeness (QED) is 0.651. The van der Waals surface area contributed by atoms with Crippen molar-refractivity contribution in [2.45, 2.75) is 11.9 Å². The van der Waals surface area contributed by atoms with Crippen LogP contribution in [0.25, 0.3) is 0 Å². The molecule has 11 heavy (non-hydrogen) atoms. The van der Waals surface area contributed by atoms with Gasteiger partial charge in [-0.3, -0.25) is 4.98 Å². The van der Waals surface area contributed by atoms with Crippen LogP contribution in [0, 0.1) is 0 Å². The van der Waals surface area contributed by atoms with Crippen molar-refractivity contribution in [3.05, 3.63) is 10.5 Å². The zero-order valence-corrected chi connectivity index (χ0v) is 7.14. The van der Waals surface area contributed by atoms with Crippen LogP contribution in [0.1, 0.15) is 0 Å². The number of rotatable bonds is 3. The first-order valence-electron chi connectivity index (χ1n) is 2.98. The Balaban J connectivity index is 2.88. The summed E-state index contributed by atoms with van der Waals surface area (Å²) in [4.78, 5) is 13.5. The van der Waals surface area contributed by atoms with Crippen LogP contribution in [-0.4, -0.2) is 28.1 Å². The number of hydrogen-bond donors (Lipinski definition) is 1. The van der Waals surface area contributed by atoms with E-state index in [1.54, 1.807) is 0 Å². The highest BCUT2D eigenvalue weighted by Crippen LogP contribution is 2.02. The molecule has 62 valence electrons. The number of hydrogen-bond acceptors (Lipinski definition) is 4. The monoisotopic (exact) mass is 175 g/mol. The number of aromatic nitrogens is 3. The second-order valence-corrected chi connectivity index (χ2v) is 2.65. The Morgan fingerprint density at radius 3 is 3.00 bits per heavy atom. The number of nitrogens with zero attached hydrogens (tertiary/aromatic N) is 2. The van der Waals surface area contributed by atoms with E-state index in [9.17, 15) is 4.79 Å². The standard InChI is InChI=1S/C5H9N3O2S/c1-10-3-8-5(9)6-4(7-8)11-2/h3H2,1-2H3,(H,6,7,9). The van der Waals surface area contributed by atoms with Gasteiger partial charge < -0.3 is 4.74 Å². The normalized spacial score (nSPS) is 10.4. The molecule has 5 nitrogen and oxygen atoms in total. The molecule has 0 unspecified atom stereocenters. The first-order valence-corrected chi connectivity index (χ1v) is 4.20. The van der Waals surface area contributed by atoms with Gasteiger partial charge in [0, 0.05) is 7.11 Å². The van der Waals surface area contributed by atoms with Gasteiger partial charge >= 0.3 is 5.69 Å². The summed E-state index contributed by atoms with van der Waals surface area (Å²) in [5.74, 6) is 0. The molecule has 6 heteroatoms. The summed E-state index contributed by atoms with van der Waals surface area (Å²) in [6.45, 7) is 0.190. The van der Waals surface area contributed by atoms with Gasteiger partial charge in [-0.1, -0.05) is 11.8 Å². The predicted molar refractivity (Wildman–Crippen MR) is 41.6 cm³/mol. The molecule has 0 bridgehead atoms. The second kappa shape index (κ2) is 3.59. The van der Waals surface area contributed by atoms with Crippen LogP contribution in [0.3, 0.4) is 0 Å². The van der Waals surface area contributed by atoms with Gasteiger partial charge in [0.25, 0.3) is 0 Å². The van der Waals surface area contributed by atoms with Gasteiger partial charge in [0.2, 0.25) is 0 Å². The summed E-state index contributed by atoms with van der Waals surface area (Å²) in [7, 11) is 1.51. The van der Waals surface area contributed by atoms with Gasteiger partial charge in [-0.05, 0) is 6.26 Å². The molecule has 0 radical (unpaired) electrons. The lowest BCUT2D eigenvalue weighted by atomic mass is 11.1. The molecular formula is C5H9N3O2S. The van der Waals surface area contributed by atoms with E-state index in [1.165, 1.54) is 23.6 Å². The van der Waals surface area contributed by atoms with E-state index in [1.807, 2.05) is 6.26 Å². The van der Waals surface area contributed by atoms with E-state index in [4.69, 9.17) is 4.74 Å². The fourth-order valence-electron chi connectivity index (χ4n) is 0.638. The van der Waals surface area contributed by atoms with Gasteiger partial charge in [-0.15, -0.1) is 5.10 Å². The summed E-state index contributed by atoms with van der Waals surface area (Å²) >= 11 is 1.39. The zero-order chi connectivity index (χ0) is 8.27. The maximum absolute atomic E-state index is 10.9. The van der Waals surface area contributed by atoms with Gasteiger partial charge in [0.1, 0.15) is 6.73 Å². The van der Waals surface area contributed by atoms with Crippen molar-refractivity contribution < 1.29 is 4.74 Å². The topological polar surface area (TPSA) is 59.9 Å². The molecule has 0 amide bonds. The molecule has 1 heterocycles. The van der Waals surface area contributed by atoms with E-state index >= 15 is 0 Å². The van der Waals surface area contributed by atoms with Gasteiger partial charge in [-0.25, -0.2) is 4.79 Å². The number of methoxy groups -OCH3 is 1. The molecule has 0 saturated carbocycles. The third-order valence-corrected chi connectivity index (χ3v) is 1.67. The molecule has 1 N–H and O–H groups in total. The Morgan fingerprint density at radius 2 is 2.55 bits per heavy atom. The Morgan fingerprint density at radius 1 is 1.82 bits per heavy atom. The maximum Gasteiger partial charge on any atom is 0.346 e. The zero-order valence-electron chi connectivity index (χ0n) is 6.33. The number of H-pyrrole nitrogens is 1. The summed E-state index contributed by atoms with van der Waals surface area (Å²) in [5.41, 5.74) is -0.240. The molecule has 0 fully saturated rings. The Hall–Kier alpha value is -0.750. The molecular weight excluding hydrogens is 166 g/mol. The minimum atomic E-state index is -0.240. The van der Waals surface area contributed by atoms with Gasteiger partial charge in [0.15, 0.2) is 5.16 Å². The summed E-state index contributed by atoms with van der Waals surface area (Å²) in [6.07, 6.45) is 1.84. The summed E-state index contributed by atoms with van der Waals surface area (Å²) in [6, 6.07) is 0. The van der Waals surface area contributed by atoms with E-state index in [2.05, 4.69) is 10.1 Å². The third kappa shape index (κ3) is 1.84. The van der Waals surface area contributed by atoms with E-state index in [0.29, 0.717) is 5.16 Å². The van der Waals surface area contributed by atoms with Crippen LogP contribution in [0.15, 0.2) is 9.95 Å². The average molecular weight is 175 g/mol. The smallest absolute Gasteiger partial charge is 0.346 e. The highest BCUT2D eigenvalue weighted by Gasteiger charge is 2.01. The minimum absolute atomic E-state index is 0.190. The first-order chi connectivity index (χ1) is 5.27. The van der Waals surface area contributed by atoms with Crippen molar-refractivity contribution in [1.82, 2.24) is 14.8 Å². The highest BCUT2D eigenvalue weighted by atomic mass is 32.2. The molecule has 0 aliphatic carbocycles. The first kappa shape index (κ1) is 8.35. The van der Waals surface area contributed by atoms with Crippen LogP contribution in [-0.2, 0) is 11.5 Å². The van der Waals surface area contributed by atoms with Crippen LogP contribution in [0.5, 0.6) is 0 Å². The fraction of sp³-hybridized carbons (Fsp3) is 0.600. The fourth-order valence-corrected chi connectivity index (χ4v) is 1.01. The minimum Gasteiger partial charge on any atom is -0.362 e. The lowest BCUT2D eigenvalue weighted by Crippen LogP contribution is -2.18. The van der Waals surface area contributed by atoms with E-state index in [0.717, 1.165) is 0 Å². The van der Waals surface area contributed by atoms with E-state index in [-0.39, 0.29) is 12.4 Å². The van der Waals surface area contributed by atoms with Crippen molar-refractivity contribution >= 4 is 11.8 Å². The van der Waals surface area contributed by atoms with E-state index < -0.39 is 0 Å². The van der Waals surface area contributed by atoms with Crippen LogP contribution in [0.4, 0.5) is 0 Å². The lowest BCUT2D eigenvalue weighted by Gasteiger charge is -1.93. The van der Waals surface area contributed by atoms with Crippen LogP contribution < -0.4 is 5.69 Å². The van der Waals surface area contributed by atoms with Crippen molar-refractivity contribution in [2.75, 3.05) is 13.4 Å².